The van der Waals surface area contributed by atoms with Crippen LogP contribution in [0.2, 0.25) is 10.0 Å². The minimum absolute atomic E-state index is 0.0225. The van der Waals surface area contributed by atoms with E-state index in [1.165, 1.54) is 0 Å². The van der Waals surface area contributed by atoms with Crippen molar-refractivity contribution in [1.82, 2.24) is 10.2 Å². The fourth-order valence-electron chi connectivity index (χ4n) is 1.88. The monoisotopic (exact) mass is 302 g/mol. The van der Waals surface area contributed by atoms with Crippen LogP contribution in [0.25, 0.3) is 0 Å². The van der Waals surface area contributed by atoms with E-state index >= 15 is 0 Å². The third-order valence-electron chi connectivity index (χ3n) is 3.10. The Morgan fingerprint density at radius 1 is 1.32 bits per heavy atom. The van der Waals surface area contributed by atoms with Crippen molar-refractivity contribution >= 4 is 29.1 Å². The molecule has 0 aliphatic heterocycles. The molecular weight excluding hydrogens is 283 g/mol. The van der Waals surface area contributed by atoms with Gasteiger partial charge < -0.3 is 10.2 Å². The van der Waals surface area contributed by atoms with E-state index in [2.05, 4.69) is 5.32 Å². The van der Waals surface area contributed by atoms with Gasteiger partial charge in [-0.15, -0.1) is 0 Å². The van der Waals surface area contributed by atoms with Crippen LogP contribution in [-0.4, -0.2) is 30.4 Å². The smallest absolute Gasteiger partial charge is 0.236 e. The van der Waals surface area contributed by atoms with Gasteiger partial charge in [0.25, 0.3) is 0 Å². The Hall–Kier alpha value is -0.770. The maximum absolute atomic E-state index is 11.9. The molecule has 1 unspecified atom stereocenters. The van der Waals surface area contributed by atoms with Gasteiger partial charge in [0.1, 0.15) is 0 Å². The molecule has 19 heavy (non-hydrogen) atoms. The summed E-state index contributed by atoms with van der Waals surface area (Å²) >= 11 is 12.1. The average Bonchev–Trinajstić information content (AvgIpc) is 2.40. The van der Waals surface area contributed by atoms with E-state index in [0.29, 0.717) is 16.6 Å². The number of carbonyl (C=O) groups is 1. The minimum Gasteiger partial charge on any atom is -0.342 e. The molecule has 0 aliphatic rings. The van der Waals surface area contributed by atoms with Crippen LogP contribution in [0.3, 0.4) is 0 Å². The second-order valence-electron chi connectivity index (χ2n) is 4.33. The van der Waals surface area contributed by atoms with Gasteiger partial charge in [0, 0.05) is 29.2 Å². The molecule has 1 atom stereocenters. The highest BCUT2D eigenvalue weighted by Crippen LogP contribution is 2.25. The summed E-state index contributed by atoms with van der Waals surface area (Å²) in [5.74, 6) is 0.0926. The van der Waals surface area contributed by atoms with Crippen molar-refractivity contribution in [2.45, 2.75) is 26.8 Å². The fraction of sp³-hybridized carbons (Fsp3) is 0.500. The standard InChI is InChI=1S/C14H20Cl2N2O/c1-4-18(5-2)14(19)9-17-10(3)12-8-11(15)6-7-13(12)16/h6-8,10,17H,4-5,9H2,1-3H3. The number of likely N-dealkylation sites (N-methyl/N-ethyl adjacent to an activating group) is 1. The number of halogens is 2. The first-order valence-electron chi connectivity index (χ1n) is 6.45. The zero-order valence-corrected chi connectivity index (χ0v) is 13.1. The van der Waals surface area contributed by atoms with E-state index in [4.69, 9.17) is 23.2 Å². The first kappa shape index (κ1) is 16.3. The van der Waals surface area contributed by atoms with Gasteiger partial charge in [-0.2, -0.15) is 0 Å². The number of hydrogen-bond acceptors (Lipinski definition) is 2. The Morgan fingerprint density at radius 2 is 1.95 bits per heavy atom. The molecule has 1 amide bonds. The summed E-state index contributed by atoms with van der Waals surface area (Å²) in [6, 6.07) is 5.32. The third kappa shape index (κ3) is 4.68. The predicted molar refractivity (Wildman–Crippen MR) is 80.8 cm³/mol. The second kappa shape index (κ2) is 7.73. The van der Waals surface area contributed by atoms with Crippen molar-refractivity contribution in [2.75, 3.05) is 19.6 Å². The molecule has 0 saturated carbocycles. The molecule has 0 fully saturated rings. The largest absolute Gasteiger partial charge is 0.342 e. The molecule has 1 rings (SSSR count). The molecule has 106 valence electrons. The number of nitrogens with one attached hydrogen (secondary N) is 1. The number of amides is 1. The molecular formula is C14H20Cl2N2O. The number of hydrogen-bond donors (Lipinski definition) is 1. The maximum atomic E-state index is 11.9. The average molecular weight is 303 g/mol. The lowest BCUT2D eigenvalue weighted by Crippen LogP contribution is -2.38. The second-order valence-corrected chi connectivity index (χ2v) is 5.18. The summed E-state index contributed by atoms with van der Waals surface area (Å²) in [5, 5.41) is 4.48. The van der Waals surface area contributed by atoms with Gasteiger partial charge in [0.2, 0.25) is 5.91 Å². The van der Waals surface area contributed by atoms with Gasteiger partial charge in [-0.3, -0.25) is 4.79 Å². The van der Waals surface area contributed by atoms with Gasteiger partial charge in [0.05, 0.1) is 6.54 Å². The minimum atomic E-state index is -0.0225. The number of carbonyl (C=O) groups excluding carboxylic acids is 1. The number of rotatable bonds is 6. The SMILES string of the molecule is CCN(CC)C(=O)CNC(C)c1cc(Cl)ccc1Cl. The van der Waals surface area contributed by atoms with E-state index in [0.717, 1.165) is 18.7 Å². The van der Waals surface area contributed by atoms with Crippen molar-refractivity contribution in [2.24, 2.45) is 0 Å². The van der Waals surface area contributed by atoms with Crippen molar-refractivity contribution in [3.63, 3.8) is 0 Å². The lowest BCUT2D eigenvalue weighted by Gasteiger charge is -2.21. The molecule has 0 radical (unpaired) electrons. The van der Waals surface area contributed by atoms with Crippen LogP contribution in [0.4, 0.5) is 0 Å². The highest BCUT2D eigenvalue weighted by Gasteiger charge is 2.14. The zero-order valence-electron chi connectivity index (χ0n) is 11.5. The lowest BCUT2D eigenvalue weighted by atomic mass is 10.1. The van der Waals surface area contributed by atoms with Crippen LogP contribution in [0.1, 0.15) is 32.4 Å². The van der Waals surface area contributed by atoms with E-state index in [1.807, 2.05) is 26.8 Å². The third-order valence-corrected chi connectivity index (χ3v) is 3.68. The predicted octanol–water partition coefficient (Wildman–Crippen LogP) is 3.51. The maximum Gasteiger partial charge on any atom is 0.236 e. The fourth-order valence-corrected chi connectivity index (χ4v) is 2.35. The van der Waals surface area contributed by atoms with Crippen LogP contribution < -0.4 is 5.32 Å². The van der Waals surface area contributed by atoms with E-state index in [9.17, 15) is 4.79 Å². The quantitative estimate of drug-likeness (QED) is 0.872. The Morgan fingerprint density at radius 3 is 2.53 bits per heavy atom. The highest BCUT2D eigenvalue weighted by atomic mass is 35.5. The molecule has 0 aliphatic carbocycles. The summed E-state index contributed by atoms with van der Waals surface area (Å²) in [5.41, 5.74) is 0.904. The molecule has 0 aromatic heterocycles. The molecule has 5 heteroatoms. The van der Waals surface area contributed by atoms with Crippen molar-refractivity contribution < 1.29 is 4.79 Å². The lowest BCUT2D eigenvalue weighted by molar-refractivity contribution is -0.129. The van der Waals surface area contributed by atoms with Gasteiger partial charge in [-0.05, 0) is 44.5 Å². The molecule has 3 nitrogen and oxygen atoms in total. The molecule has 0 heterocycles. The molecule has 1 N–H and O–H groups in total. The number of nitrogens with zero attached hydrogens (tertiary/aromatic N) is 1. The summed E-state index contributed by atoms with van der Waals surface area (Å²) in [6.45, 7) is 7.66. The van der Waals surface area contributed by atoms with Gasteiger partial charge in [-0.1, -0.05) is 23.2 Å². The molecule has 1 aromatic carbocycles. The van der Waals surface area contributed by atoms with Crippen molar-refractivity contribution in [3.8, 4) is 0 Å². The Balaban J connectivity index is 2.62. The Labute approximate surface area is 124 Å². The molecule has 0 bridgehead atoms. The zero-order chi connectivity index (χ0) is 14.4. The van der Waals surface area contributed by atoms with Gasteiger partial charge >= 0.3 is 0 Å². The van der Waals surface area contributed by atoms with E-state index < -0.39 is 0 Å². The van der Waals surface area contributed by atoms with Gasteiger partial charge in [-0.25, -0.2) is 0 Å². The molecule has 0 saturated heterocycles. The molecule has 1 aromatic rings. The topological polar surface area (TPSA) is 32.3 Å². The number of benzene rings is 1. The van der Waals surface area contributed by atoms with E-state index in [1.54, 1.807) is 17.0 Å². The van der Waals surface area contributed by atoms with Crippen molar-refractivity contribution in [1.29, 1.82) is 0 Å². The van der Waals surface area contributed by atoms with Crippen LogP contribution in [-0.2, 0) is 4.79 Å². The first-order chi connectivity index (χ1) is 8.99. The highest BCUT2D eigenvalue weighted by molar-refractivity contribution is 6.33. The van der Waals surface area contributed by atoms with Crippen LogP contribution in [0, 0.1) is 0 Å². The van der Waals surface area contributed by atoms with Crippen molar-refractivity contribution in [3.05, 3.63) is 33.8 Å². The van der Waals surface area contributed by atoms with Crippen LogP contribution >= 0.6 is 23.2 Å². The summed E-state index contributed by atoms with van der Waals surface area (Å²) in [7, 11) is 0. The summed E-state index contributed by atoms with van der Waals surface area (Å²) in [4.78, 5) is 13.7. The summed E-state index contributed by atoms with van der Waals surface area (Å²) in [6.07, 6.45) is 0. The van der Waals surface area contributed by atoms with Crippen LogP contribution in [0.5, 0.6) is 0 Å². The molecule has 0 spiro atoms. The van der Waals surface area contributed by atoms with Gasteiger partial charge in [0.15, 0.2) is 0 Å². The normalized spacial score (nSPS) is 12.3. The Bertz CT molecular complexity index is 433. The summed E-state index contributed by atoms with van der Waals surface area (Å²) < 4.78 is 0. The van der Waals surface area contributed by atoms with E-state index in [-0.39, 0.29) is 11.9 Å². The van der Waals surface area contributed by atoms with Crippen LogP contribution in [0.15, 0.2) is 18.2 Å². The Kier molecular flexibility index (Phi) is 6.63. The first-order valence-corrected chi connectivity index (χ1v) is 7.21.